The number of hydrogen-bond acceptors (Lipinski definition) is 6. The number of nitrogens with zero attached hydrogens (tertiary/aromatic N) is 4. The molecule has 2 aromatic heterocycles. The van der Waals surface area contributed by atoms with Crippen LogP contribution in [0.15, 0.2) is 24.0 Å². The van der Waals surface area contributed by atoms with Gasteiger partial charge in [0.1, 0.15) is 0 Å². The fourth-order valence-corrected chi connectivity index (χ4v) is 3.18. The van der Waals surface area contributed by atoms with E-state index in [1.807, 2.05) is 0 Å². The highest BCUT2D eigenvalue weighted by Gasteiger charge is 2.22. The Labute approximate surface area is 116 Å². The number of aromatic nitrogens is 3. The number of nitrogens with one attached hydrogen (secondary N) is 1. The fourth-order valence-electron chi connectivity index (χ4n) is 2.42. The van der Waals surface area contributed by atoms with Crippen LogP contribution in [0.5, 0.6) is 0 Å². The van der Waals surface area contributed by atoms with Crippen LogP contribution in [0.1, 0.15) is 31.0 Å². The van der Waals surface area contributed by atoms with Crippen LogP contribution in [0.25, 0.3) is 0 Å². The zero-order valence-electron chi connectivity index (χ0n) is 10.9. The molecule has 0 bridgehead atoms. The van der Waals surface area contributed by atoms with Crippen molar-refractivity contribution < 1.29 is 0 Å². The first-order chi connectivity index (χ1) is 9.33. The van der Waals surface area contributed by atoms with Gasteiger partial charge in [-0.1, -0.05) is 6.42 Å². The molecule has 1 fully saturated rings. The summed E-state index contributed by atoms with van der Waals surface area (Å²) < 4.78 is 0. The Hall–Kier alpha value is -1.53. The van der Waals surface area contributed by atoms with E-state index in [0.717, 1.165) is 17.5 Å². The summed E-state index contributed by atoms with van der Waals surface area (Å²) in [6.45, 7) is 1.16. The van der Waals surface area contributed by atoms with Gasteiger partial charge in [-0.2, -0.15) is 0 Å². The first-order valence-electron chi connectivity index (χ1n) is 6.51. The Balaban J connectivity index is 1.72. The van der Waals surface area contributed by atoms with Crippen molar-refractivity contribution in [3.05, 3.63) is 29.7 Å². The number of piperidine rings is 1. The predicted octanol–water partition coefficient (Wildman–Crippen LogP) is 2.83. The fraction of sp³-hybridized carbons (Fsp3) is 0.462. The molecular weight excluding hydrogens is 258 g/mol. The second-order valence-corrected chi connectivity index (χ2v) is 5.64. The molecule has 6 heteroatoms. The molecule has 0 radical (unpaired) electrons. The highest BCUT2D eigenvalue weighted by molar-refractivity contribution is 7.13. The second kappa shape index (κ2) is 5.63. The van der Waals surface area contributed by atoms with Crippen LogP contribution in [0.3, 0.4) is 0 Å². The Morgan fingerprint density at radius 2 is 2.32 bits per heavy atom. The predicted molar refractivity (Wildman–Crippen MR) is 76.7 cm³/mol. The summed E-state index contributed by atoms with van der Waals surface area (Å²) in [6, 6.07) is 0.461. The average molecular weight is 275 g/mol. The molecule has 1 saturated heterocycles. The average Bonchev–Trinajstić information content (AvgIpc) is 2.89. The lowest BCUT2D eigenvalue weighted by molar-refractivity contribution is 0.184. The van der Waals surface area contributed by atoms with E-state index < -0.39 is 0 Å². The summed E-state index contributed by atoms with van der Waals surface area (Å²) in [7, 11) is 2.18. The minimum absolute atomic E-state index is 0.461. The van der Waals surface area contributed by atoms with Crippen molar-refractivity contribution in [2.75, 3.05) is 18.9 Å². The van der Waals surface area contributed by atoms with E-state index in [2.05, 4.69) is 37.6 Å². The SMILES string of the molecule is CN1CCCCC1c1csc(Nc2cnccn2)n1. The summed E-state index contributed by atoms with van der Waals surface area (Å²) in [5, 5.41) is 6.22. The minimum atomic E-state index is 0.461. The molecule has 3 rings (SSSR count). The van der Waals surface area contributed by atoms with Crippen LogP contribution in [-0.4, -0.2) is 33.4 Å². The van der Waals surface area contributed by atoms with Crippen LogP contribution in [0, 0.1) is 0 Å². The standard InChI is InChI=1S/C13H17N5S/c1-18-7-3-2-4-11(18)10-9-19-13(16-10)17-12-8-14-5-6-15-12/h5-6,8-9,11H,2-4,7H2,1H3,(H,15,16,17). The molecule has 19 heavy (non-hydrogen) atoms. The second-order valence-electron chi connectivity index (χ2n) is 4.79. The third kappa shape index (κ3) is 2.90. The van der Waals surface area contributed by atoms with E-state index in [-0.39, 0.29) is 0 Å². The van der Waals surface area contributed by atoms with Crippen LogP contribution >= 0.6 is 11.3 Å². The quantitative estimate of drug-likeness (QED) is 0.933. The summed E-state index contributed by atoms with van der Waals surface area (Å²) in [5.41, 5.74) is 1.17. The summed E-state index contributed by atoms with van der Waals surface area (Å²) >= 11 is 1.62. The van der Waals surface area contributed by atoms with Crippen LogP contribution in [0.2, 0.25) is 0 Å². The molecule has 0 spiro atoms. The van der Waals surface area contributed by atoms with E-state index in [0.29, 0.717) is 6.04 Å². The maximum Gasteiger partial charge on any atom is 0.188 e. The topological polar surface area (TPSA) is 53.9 Å². The van der Waals surface area contributed by atoms with Crippen molar-refractivity contribution in [1.29, 1.82) is 0 Å². The van der Waals surface area contributed by atoms with E-state index >= 15 is 0 Å². The third-order valence-electron chi connectivity index (χ3n) is 3.43. The highest BCUT2D eigenvalue weighted by atomic mass is 32.1. The van der Waals surface area contributed by atoms with Gasteiger partial charge in [-0.3, -0.25) is 9.88 Å². The van der Waals surface area contributed by atoms with Gasteiger partial charge in [0.15, 0.2) is 10.9 Å². The summed E-state index contributed by atoms with van der Waals surface area (Å²) in [6.07, 6.45) is 8.82. The number of anilines is 2. The molecule has 100 valence electrons. The van der Waals surface area contributed by atoms with E-state index in [1.165, 1.54) is 25.0 Å². The zero-order valence-corrected chi connectivity index (χ0v) is 11.7. The molecule has 2 aromatic rings. The van der Waals surface area contributed by atoms with Gasteiger partial charge in [-0.05, 0) is 26.4 Å². The van der Waals surface area contributed by atoms with Crippen molar-refractivity contribution >= 4 is 22.3 Å². The van der Waals surface area contributed by atoms with Gasteiger partial charge in [-0.25, -0.2) is 9.97 Å². The van der Waals surface area contributed by atoms with E-state index in [9.17, 15) is 0 Å². The molecule has 3 heterocycles. The summed E-state index contributed by atoms with van der Waals surface area (Å²) in [5.74, 6) is 0.736. The first kappa shape index (κ1) is 12.5. The monoisotopic (exact) mass is 275 g/mol. The van der Waals surface area contributed by atoms with Gasteiger partial charge in [0.25, 0.3) is 0 Å². The molecule has 1 unspecified atom stereocenters. The van der Waals surface area contributed by atoms with Crippen LogP contribution in [0.4, 0.5) is 10.9 Å². The molecule has 0 aliphatic carbocycles. The largest absolute Gasteiger partial charge is 0.315 e. The number of hydrogen-bond donors (Lipinski definition) is 1. The van der Waals surface area contributed by atoms with Gasteiger partial charge >= 0.3 is 0 Å². The van der Waals surface area contributed by atoms with Gasteiger partial charge in [0, 0.05) is 17.8 Å². The number of thiazole rings is 1. The van der Waals surface area contributed by atoms with Crippen LogP contribution in [-0.2, 0) is 0 Å². The maximum atomic E-state index is 4.68. The smallest absolute Gasteiger partial charge is 0.188 e. The number of rotatable bonds is 3. The lowest BCUT2D eigenvalue weighted by Crippen LogP contribution is -2.29. The van der Waals surface area contributed by atoms with Gasteiger partial charge < -0.3 is 5.32 Å². The van der Waals surface area contributed by atoms with Crippen LogP contribution < -0.4 is 5.32 Å². The maximum absolute atomic E-state index is 4.68. The molecule has 1 N–H and O–H groups in total. The van der Waals surface area contributed by atoms with Gasteiger partial charge in [-0.15, -0.1) is 11.3 Å². The minimum Gasteiger partial charge on any atom is -0.315 e. The molecule has 1 atom stereocenters. The van der Waals surface area contributed by atoms with E-state index in [1.54, 1.807) is 29.9 Å². The van der Waals surface area contributed by atoms with Crippen molar-refractivity contribution in [3.8, 4) is 0 Å². The third-order valence-corrected chi connectivity index (χ3v) is 4.21. The van der Waals surface area contributed by atoms with Crippen molar-refractivity contribution in [2.45, 2.75) is 25.3 Å². The first-order valence-corrected chi connectivity index (χ1v) is 7.39. The lowest BCUT2D eigenvalue weighted by atomic mass is 10.0. The van der Waals surface area contributed by atoms with Gasteiger partial charge in [0.05, 0.1) is 17.9 Å². The highest BCUT2D eigenvalue weighted by Crippen LogP contribution is 2.31. The Kier molecular flexibility index (Phi) is 3.70. The molecule has 0 aromatic carbocycles. The Morgan fingerprint density at radius 3 is 3.11 bits per heavy atom. The molecule has 5 nitrogen and oxygen atoms in total. The molecule has 1 aliphatic heterocycles. The zero-order chi connectivity index (χ0) is 13.1. The molecular formula is C13H17N5S. The molecule has 1 aliphatic rings. The van der Waals surface area contributed by atoms with Crippen molar-refractivity contribution in [1.82, 2.24) is 19.9 Å². The van der Waals surface area contributed by atoms with Crippen molar-refractivity contribution in [3.63, 3.8) is 0 Å². The normalized spacial score (nSPS) is 20.4. The summed E-state index contributed by atoms with van der Waals surface area (Å²) in [4.78, 5) is 15.3. The van der Waals surface area contributed by atoms with E-state index in [4.69, 9.17) is 0 Å². The Morgan fingerprint density at radius 1 is 1.37 bits per heavy atom. The Bertz CT molecular complexity index is 527. The van der Waals surface area contributed by atoms with Crippen molar-refractivity contribution in [2.24, 2.45) is 0 Å². The number of likely N-dealkylation sites (tertiary alicyclic amines) is 1. The lowest BCUT2D eigenvalue weighted by Gasteiger charge is -2.31. The molecule has 0 amide bonds. The van der Waals surface area contributed by atoms with Gasteiger partial charge in [0.2, 0.25) is 0 Å². The molecule has 0 saturated carbocycles.